The van der Waals surface area contributed by atoms with Gasteiger partial charge in [0.2, 0.25) is 11.9 Å². The summed E-state index contributed by atoms with van der Waals surface area (Å²) >= 11 is 6.33. The second-order valence-corrected chi connectivity index (χ2v) is 11.2. The van der Waals surface area contributed by atoms with Crippen LogP contribution in [0.1, 0.15) is 30.4 Å². The van der Waals surface area contributed by atoms with Gasteiger partial charge in [0.1, 0.15) is 5.02 Å². The van der Waals surface area contributed by atoms with E-state index in [-0.39, 0.29) is 11.8 Å². The van der Waals surface area contributed by atoms with Gasteiger partial charge in [-0.3, -0.25) is 9.78 Å². The van der Waals surface area contributed by atoms with Crippen molar-refractivity contribution in [3.63, 3.8) is 0 Å². The Hall–Kier alpha value is -3.32. The van der Waals surface area contributed by atoms with E-state index in [1.807, 2.05) is 30.5 Å². The number of aryl methyl sites for hydroxylation is 2. The Balaban J connectivity index is 1.35. The number of rotatable bonds is 4. The van der Waals surface area contributed by atoms with Gasteiger partial charge in [0.15, 0.2) is 5.82 Å². The third kappa shape index (κ3) is 6.34. The molecule has 5 N–H and O–H groups in total. The van der Waals surface area contributed by atoms with E-state index in [2.05, 4.69) is 30.9 Å². The van der Waals surface area contributed by atoms with Gasteiger partial charge in [-0.2, -0.15) is 17.7 Å². The largest absolute Gasteiger partial charge is 0.339 e. The summed E-state index contributed by atoms with van der Waals surface area (Å²) in [6, 6.07) is 7.69. The predicted octanol–water partition coefficient (Wildman–Crippen LogP) is 3.35. The lowest BCUT2D eigenvalue weighted by Gasteiger charge is -2.29. The minimum atomic E-state index is -3.69. The number of carbonyl (C=O) groups is 1. The summed E-state index contributed by atoms with van der Waals surface area (Å²) in [4.78, 5) is 26.0. The number of piperidine rings is 1. The van der Waals surface area contributed by atoms with E-state index in [0.29, 0.717) is 62.0 Å². The minimum Gasteiger partial charge on any atom is -0.339 e. The first-order valence-electron chi connectivity index (χ1n) is 11.9. The lowest BCUT2D eigenvalue weighted by Crippen LogP contribution is -2.42. The number of carbonyl (C=O) groups excluding carboxylic acids is 1. The molecule has 11 nitrogen and oxygen atoms in total. The molecule has 1 saturated heterocycles. The number of anilines is 5. The molecule has 1 aromatic carbocycles. The molecule has 6 bridgehead atoms. The molecular weight excluding hydrogens is 516 g/mol. The Labute approximate surface area is 220 Å². The summed E-state index contributed by atoms with van der Waals surface area (Å²) < 4.78 is 24.3. The van der Waals surface area contributed by atoms with Crippen molar-refractivity contribution in [1.82, 2.24) is 19.3 Å². The fraction of sp³-hybridized carbons (Fsp3) is 0.333. The second-order valence-electron chi connectivity index (χ2n) is 9.23. The third-order valence-corrected chi connectivity index (χ3v) is 7.89. The number of halogens is 1. The number of nitrogens with zero attached hydrogens (tertiary/aromatic N) is 4. The number of amides is 1. The summed E-state index contributed by atoms with van der Waals surface area (Å²) in [5.41, 5.74) is 4.24. The van der Waals surface area contributed by atoms with Crippen LogP contribution in [0.3, 0.4) is 0 Å². The average molecular weight is 543 g/mol. The van der Waals surface area contributed by atoms with Crippen LogP contribution in [0.2, 0.25) is 5.02 Å². The van der Waals surface area contributed by atoms with E-state index < -0.39 is 10.2 Å². The van der Waals surface area contributed by atoms with Crippen LogP contribution in [0.15, 0.2) is 42.9 Å². The van der Waals surface area contributed by atoms with Crippen LogP contribution >= 0.6 is 11.6 Å². The monoisotopic (exact) mass is 542 g/mol. The molecule has 0 radical (unpaired) electrons. The van der Waals surface area contributed by atoms with E-state index in [1.165, 1.54) is 10.5 Å². The van der Waals surface area contributed by atoms with Crippen molar-refractivity contribution in [2.45, 2.75) is 32.1 Å². The first kappa shape index (κ1) is 25.3. The van der Waals surface area contributed by atoms with Gasteiger partial charge in [-0.25, -0.2) is 10.1 Å². The van der Waals surface area contributed by atoms with Crippen LogP contribution in [0.5, 0.6) is 0 Å². The normalized spacial score (nSPS) is 16.4. The van der Waals surface area contributed by atoms with Crippen molar-refractivity contribution in [2.75, 3.05) is 29.0 Å². The van der Waals surface area contributed by atoms with Crippen molar-refractivity contribution in [2.24, 2.45) is 11.1 Å². The van der Waals surface area contributed by atoms with Crippen molar-refractivity contribution in [3.05, 3.63) is 59.0 Å². The van der Waals surface area contributed by atoms with Gasteiger partial charge < -0.3 is 16.0 Å². The molecule has 194 valence electrons. The zero-order valence-electron chi connectivity index (χ0n) is 19.9. The molecule has 1 fully saturated rings. The van der Waals surface area contributed by atoms with E-state index in [4.69, 9.17) is 16.7 Å². The Bertz CT molecular complexity index is 1430. The Morgan fingerprint density at radius 1 is 1.11 bits per heavy atom. The molecule has 5 rings (SSSR count). The van der Waals surface area contributed by atoms with E-state index in [0.717, 1.165) is 28.2 Å². The van der Waals surface area contributed by atoms with E-state index >= 15 is 0 Å². The summed E-state index contributed by atoms with van der Waals surface area (Å²) in [7, 11) is -3.69. The molecule has 2 aromatic heterocycles. The standard InChI is InChI=1S/C24H27ClN8O3S/c25-20-14-28-24-30-19-9-16(12-27-13-19)1-2-17-11-18(29-23(20)32-24)3-4-21(17)31-22(34)10-15-5-7-33(8-6-15)37(26,35)36/h3-4,9,11-15H,1-2,5-8,10H2,(H,31,34)(H2,26,35,36)(H2,28,29,30,32). The van der Waals surface area contributed by atoms with Gasteiger partial charge in [-0.15, -0.1) is 0 Å². The van der Waals surface area contributed by atoms with Crippen LogP contribution in [0.4, 0.5) is 28.8 Å². The van der Waals surface area contributed by atoms with Crippen molar-refractivity contribution in [3.8, 4) is 0 Å². The minimum absolute atomic E-state index is 0.0967. The Morgan fingerprint density at radius 3 is 2.70 bits per heavy atom. The zero-order valence-corrected chi connectivity index (χ0v) is 21.5. The number of nitrogens with two attached hydrogens (primary N) is 1. The van der Waals surface area contributed by atoms with Crippen LogP contribution in [-0.2, 0) is 27.8 Å². The molecule has 1 amide bonds. The van der Waals surface area contributed by atoms with E-state index in [1.54, 1.807) is 6.20 Å². The molecule has 0 saturated carbocycles. The smallest absolute Gasteiger partial charge is 0.276 e. The van der Waals surface area contributed by atoms with Crippen LogP contribution in [-0.4, -0.2) is 46.7 Å². The molecule has 0 atom stereocenters. The highest BCUT2D eigenvalue weighted by atomic mass is 35.5. The number of hydrogen-bond acceptors (Lipinski definition) is 8. The predicted molar refractivity (Wildman–Crippen MR) is 142 cm³/mol. The van der Waals surface area contributed by atoms with Crippen LogP contribution < -0.4 is 21.1 Å². The van der Waals surface area contributed by atoms with Gasteiger partial charge >= 0.3 is 0 Å². The number of pyridine rings is 1. The molecule has 37 heavy (non-hydrogen) atoms. The highest BCUT2D eigenvalue weighted by molar-refractivity contribution is 7.86. The highest BCUT2D eigenvalue weighted by Crippen LogP contribution is 2.30. The molecule has 3 aromatic rings. The van der Waals surface area contributed by atoms with E-state index in [9.17, 15) is 13.2 Å². The van der Waals surface area contributed by atoms with Crippen molar-refractivity contribution < 1.29 is 13.2 Å². The maximum Gasteiger partial charge on any atom is 0.276 e. The van der Waals surface area contributed by atoms with Gasteiger partial charge in [0.25, 0.3) is 10.2 Å². The van der Waals surface area contributed by atoms with Crippen molar-refractivity contribution >= 4 is 56.5 Å². The first-order chi connectivity index (χ1) is 17.7. The molecule has 2 aliphatic heterocycles. The summed E-state index contributed by atoms with van der Waals surface area (Å²) in [5, 5.41) is 15.1. The summed E-state index contributed by atoms with van der Waals surface area (Å²) in [6.45, 7) is 0.662. The SMILES string of the molecule is NS(=O)(=O)N1CCC(CC(=O)Nc2ccc3cc2CCc2cncc(c2)Nc2ncc(Cl)c(n2)N3)CC1. The number of benzene rings is 1. The average Bonchev–Trinajstić information content (AvgIpc) is 2.86. The van der Waals surface area contributed by atoms with Gasteiger partial charge in [-0.1, -0.05) is 11.6 Å². The topological polar surface area (TPSA) is 155 Å². The van der Waals surface area contributed by atoms with Crippen LogP contribution in [0.25, 0.3) is 0 Å². The van der Waals surface area contributed by atoms with Gasteiger partial charge in [-0.05, 0) is 67.0 Å². The summed E-state index contributed by atoms with van der Waals surface area (Å²) in [6.07, 6.45) is 7.92. The molecule has 4 heterocycles. The number of aromatic nitrogens is 3. The first-order valence-corrected chi connectivity index (χ1v) is 13.8. The van der Waals surface area contributed by atoms with Gasteiger partial charge in [0.05, 0.1) is 18.1 Å². The fourth-order valence-electron chi connectivity index (χ4n) is 4.58. The lowest BCUT2D eigenvalue weighted by atomic mass is 9.94. The third-order valence-electron chi connectivity index (χ3n) is 6.53. The summed E-state index contributed by atoms with van der Waals surface area (Å²) in [5.74, 6) is 0.838. The maximum absolute atomic E-state index is 12.9. The zero-order chi connectivity index (χ0) is 26.0. The Morgan fingerprint density at radius 2 is 1.92 bits per heavy atom. The number of hydrogen-bond donors (Lipinski definition) is 4. The number of fused-ring (bicyclic) bond motifs is 6. The van der Waals surface area contributed by atoms with Crippen LogP contribution in [0, 0.1) is 5.92 Å². The molecular formula is C24H27ClN8O3S. The van der Waals surface area contributed by atoms with Gasteiger partial charge in [0, 0.05) is 37.1 Å². The molecule has 2 aliphatic rings. The Kier molecular flexibility index (Phi) is 7.24. The molecule has 0 aliphatic carbocycles. The second kappa shape index (κ2) is 10.6. The lowest BCUT2D eigenvalue weighted by molar-refractivity contribution is -0.117. The number of nitrogens with one attached hydrogen (secondary N) is 3. The highest BCUT2D eigenvalue weighted by Gasteiger charge is 2.27. The molecule has 13 heteroatoms. The fourth-order valence-corrected chi connectivity index (χ4v) is 5.44. The van der Waals surface area contributed by atoms with Crippen molar-refractivity contribution in [1.29, 1.82) is 0 Å². The maximum atomic E-state index is 12.9. The molecule has 0 spiro atoms. The molecule has 0 unspecified atom stereocenters. The quantitative estimate of drug-likeness (QED) is 0.391.